The van der Waals surface area contributed by atoms with Crippen LogP contribution in [0.5, 0.6) is 0 Å². The monoisotopic (exact) mass is 287 g/mol. The van der Waals surface area contributed by atoms with Crippen LogP contribution in [0.4, 0.5) is 0 Å². The topological polar surface area (TPSA) is 54.5 Å². The number of halogens is 1. The Kier molecular flexibility index (Phi) is 3.75. The van der Waals surface area contributed by atoms with Crippen molar-refractivity contribution in [1.82, 2.24) is 4.31 Å². The molecular formula is C12H14ClNO3S. The molecule has 1 heterocycles. The lowest BCUT2D eigenvalue weighted by Gasteiger charge is -2.17. The maximum Gasteiger partial charge on any atom is 0.252 e. The molecule has 1 aromatic rings. The highest BCUT2D eigenvalue weighted by atomic mass is 35.5. The molecule has 2 rings (SSSR count). The number of carbonyl (C=O) groups excluding carboxylic acids is 1. The number of carbonyl (C=O) groups is 1. The van der Waals surface area contributed by atoms with Crippen LogP contribution in [-0.4, -0.2) is 31.1 Å². The van der Waals surface area contributed by atoms with E-state index in [2.05, 4.69) is 0 Å². The van der Waals surface area contributed by atoms with Crippen molar-refractivity contribution < 1.29 is 13.2 Å². The summed E-state index contributed by atoms with van der Waals surface area (Å²) in [6.07, 6.45) is 1.76. The molecule has 1 fully saturated rings. The summed E-state index contributed by atoms with van der Waals surface area (Å²) in [4.78, 5) is 11.3. The first-order valence-electron chi connectivity index (χ1n) is 5.73. The smallest absolute Gasteiger partial charge is 0.252 e. The second-order valence-corrected chi connectivity index (χ2v) is 6.61. The zero-order chi connectivity index (χ0) is 13.3. The molecule has 1 aliphatic heterocycles. The molecule has 0 amide bonds. The number of rotatable bonds is 3. The van der Waals surface area contributed by atoms with Gasteiger partial charge in [0.15, 0.2) is 0 Å². The van der Waals surface area contributed by atoms with Crippen LogP contribution in [0, 0.1) is 6.92 Å². The third kappa shape index (κ3) is 2.43. The molecule has 1 aliphatic rings. The minimum absolute atomic E-state index is 0.177. The lowest BCUT2D eigenvalue weighted by molar-refractivity contribution is 0.108. The van der Waals surface area contributed by atoms with Gasteiger partial charge < -0.3 is 0 Å². The Labute approximate surface area is 112 Å². The standard InChI is InChI=1S/C12H14ClNO3S/c1-9-4-5-10(12(13)15)8-11(9)18(16,17)14-6-2-3-7-14/h4-5,8H,2-3,6-7H2,1H3. The summed E-state index contributed by atoms with van der Waals surface area (Å²) in [7, 11) is -3.50. The fraction of sp³-hybridized carbons (Fsp3) is 0.417. The average Bonchev–Trinajstić information content (AvgIpc) is 2.82. The highest BCUT2D eigenvalue weighted by molar-refractivity contribution is 7.89. The highest BCUT2D eigenvalue weighted by Crippen LogP contribution is 2.25. The van der Waals surface area contributed by atoms with Crippen LogP contribution in [0.3, 0.4) is 0 Å². The molecule has 0 atom stereocenters. The van der Waals surface area contributed by atoms with E-state index in [1.165, 1.54) is 16.4 Å². The number of nitrogens with zero attached hydrogens (tertiary/aromatic N) is 1. The van der Waals surface area contributed by atoms with E-state index in [1.807, 2.05) is 0 Å². The maximum atomic E-state index is 12.4. The van der Waals surface area contributed by atoms with Gasteiger partial charge in [-0.2, -0.15) is 4.31 Å². The normalized spacial score (nSPS) is 17.0. The molecule has 0 unspecified atom stereocenters. The number of hydrogen-bond acceptors (Lipinski definition) is 3. The minimum Gasteiger partial charge on any atom is -0.276 e. The maximum absolute atomic E-state index is 12.4. The van der Waals surface area contributed by atoms with Crippen molar-refractivity contribution in [3.8, 4) is 0 Å². The van der Waals surface area contributed by atoms with Crippen molar-refractivity contribution in [3.63, 3.8) is 0 Å². The van der Waals surface area contributed by atoms with Crippen LogP contribution in [0.1, 0.15) is 28.8 Å². The molecule has 6 heteroatoms. The van der Waals surface area contributed by atoms with E-state index in [1.54, 1.807) is 13.0 Å². The zero-order valence-electron chi connectivity index (χ0n) is 10.0. The molecule has 1 aromatic carbocycles. The Bertz CT molecular complexity index is 577. The van der Waals surface area contributed by atoms with Crippen molar-refractivity contribution in [1.29, 1.82) is 0 Å². The number of hydrogen-bond donors (Lipinski definition) is 0. The molecule has 98 valence electrons. The predicted molar refractivity (Wildman–Crippen MR) is 69.4 cm³/mol. The first-order chi connectivity index (χ1) is 8.43. The lowest BCUT2D eigenvalue weighted by atomic mass is 10.2. The van der Waals surface area contributed by atoms with Crippen LogP contribution in [0.15, 0.2) is 23.1 Å². The average molecular weight is 288 g/mol. The first-order valence-corrected chi connectivity index (χ1v) is 7.55. The lowest BCUT2D eigenvalue weighted by Crippen LogP contribution is -2.28. The van der Waals surface area contributed by atoms with E-state index < -0.39 is 15.3 Å². The van der Waals surface area contributed by atoms with Crippen molar-refractivity contribution in [3.05, 3.63) is 29.3 Å². The van der Waals surface area contributed by atoms with Crippen LogP contribution in [-0.2, 0) is 10.0 Å². The van der Waals surface area contributed by atoms with E-state index in [9.17, 15) is 13.2 Å². The minimum atomic E-state index is -3.50. The Hall–Kier alpha value is -0.910. The fourth-order valence-corrected chi connectivity index (χ4v) is 3.95. The van der Waals surface area contributed by atoms with E-state index in [0.717, 1.165) is 12.8 Å². The van der Waals surface area contributed by atoms with Crippen LogP contribution in [0.2, 0.25) is 0 Å². The molecule has 18 heavy (non-hydrogen) atoms. The number of benzene rings is 1. The van der Waals surface area contributed by atoms with Gasteiger partial charge >= 0.3 is 0 Å². The Morgan fingerprint density at radius 2 is 1.89 bits per heavy atom. The van der Waals surface area contributed by atoms with Gasteiger partial charge in [-0.15, -0.1) is 0 Å². The molecule has 0 spiro atoms. The second-order valence-electron chi connectivity index (χ2n) is 4.37. The van der Waals surface area contributed by atoms with Crippen LogP contribution in [0.25, 0.3) is 0 Å². The summed E-state index contributed by atoms with van der Waals surface area (Å²) in [5.74, 6) is 0. The first kappa shape index (κ1) is 13.5. The highest BCUT2D eigenvalue weighted by Gasteiger charge is 2.28. The molecule has 0 aliphatic carbocycles. The molecule has 0 saturated carbocycles. The van der Waals surface area contributed by atoms with Crippen LogP contribution < -0.4 is 0 Å². The molecule has 0 N–H and O–H groups in total. The summed E-state index contributed by atoms with van der Waals surface area (Å²) < 4.78 is 26.3. The Morgan fingerprint density at radius 3 is 2.44 bits per heavy atom. The van der Waals surface area contributed by atoms with Crippen molar-refractivity contribution in [2.75, 3.05) is 13.1 Å². The Balaban J connectivity index is 2.49. The van der Waals surface area contributed by atoms with E-state index in [0.29, 0.717) is 18.7 Å². The molecule has 4 nitrogen and oxygen atoms in total. The molecule has 0 radical (unpaired) electrons. The van der Waals surface area contributed by atoms with Gasteiger partial charge in [-0.3, -0.25) is 4.79 Å². The van der Waals surface area contributed by atoms with Gasteiger partial charge in [-0.1, -0.05) is 6.07 Å². The Morgan fingerprint density at radius 1 is 1.28 bits per heavy atom. The van der Waals surface area contributed by atoms with Crippen molar-refractivity contribution >= 4 is 26.9 Å². The molecule has 0 aromatic heterocycles. The van der Waals surface area contributed by atoms with Crippen molar-refractivity contribution in [2.45, 2.75) is 24.7 Å². The molecule has 1 saturated heterocycles. The van der Waals surface area contributed by atoms with Gasteiger partial charge in [0, 0.05) is 18.7 Å². The summed E-state index contributed by atoms with van der Waals surface area (Å²) >= 11 is 5.39. The summed E-state index contributed by atoms with van der Waals surface area (Å²) in [6, 6.07) is 4.50. The van der Waals surface area contributed by atoms with Gasteiger partial charge in [-0.05, 0) is 49.1 Å². The van der Waals surface area contributed by atoms with Gasteiger partial charge in [0.05, 0.1) is 4.90 Å². The van der Waals surface area contributed by atoms with Crippen molar-refractivity contribution in [2.24, 2.45) is 0 Å². The van der Waals surface area contributed by atoms with Gasteiger partial charge in [0.25, 0.3) is 5.24 Å². The van der Waals surface area contributed by atoms with Gasteiger partial charge in [-0.25, -0.2) is 8.42 Å². The van der Waals surface area contributed by atoms with Crippen LogP contribution >= 0.6 is 11.6 Å². The number of aryl methyl sites for hydroxylation is 1. The van der Waals surface area contributed by atoms with Gasteiger partial charge in [0.2, 0.25) is 10.0 Å². The quantitative estimate of drug-likeness (QED) is 0.801. The SMILES string of the molecule is Cc1ccc(C(=O)Cl)cc1S(=O)(=O)N1CCCC1. The van der Waals surface area contributed by atoms with Gasteiger partial charge in [0.1, 0.15) is 0 Å². The molecular weight excluding hydrogens is 274 g/mol. The predicted octanol–water partition coefficient (Wildman–Crippen LogP) is 2.16. The third-order valence-electron chi connectivity index (χ3n) is 3.10. The largest absolute Gasteiger partial charge is 0.276 e. The molecule has 0 bridgehead atoms. The summed E-state index contributed by atoms with van der Waals surface area (Å²) in [6.45, 7) is 2.80. The second kappa shape index (κ2) is 4.99. The zero-order valence-corrected chi connectivity index (χ0v) is 11.6. The summed E-state index contributed by atoms with van der Waals surface area (Å²) in [5, 5.41) is -0.645. The van der Waals surface area contributed by atoms with E-state index in [-0.39, 0.29) is 10.5 Å². The third-order valence-corrected chi connectivity index (χ3v) is 5.36. The summed E-state index contributed by atoms with van der Waals surface area (Å²) in [5.41, 5.74) is 0.837. The van der Waals surface area contributed by atoms with E-state index in [4.69, 9.17) is 11.6 Å². The van der Waals surface area contributed by atoms with E-state index >= 15 is 0 Å². The number of sulfonamides is 1. The fourth-order valence-electron chi connectivity index (χ4n) is 2.07.